The molecule has 1 amide bonds. The summed E-state index contributed by atoms with van der Waals surface area (Å²) in [4.78, 5) is 23.8. The monoisotopic (exact) mass is 288 g/mol. The molecule has 0 aliphatic heterocycles. The molecule has 0 radical (unpaired) electrons. The lowest BCUT2D eigenvalue weighted by molar-refractivity contribution is -0.121. The van der Waals surface area contributed by atoms with Crippen molar-refractivity contribution in [3.8, 4) is 0 Å². The number of aromatic nitrogens is 1. The summed E-state index contributed by atoms with van der Waals surface area (Å²) in [5.41, 5.74) is 1.18. The van der Waals surface area contributed by atoms with Gasteiger partial charge >= 0.3 is 5.76 Å². The molecule has 1 heterocycles. The van der Waals surface area contributed by atoms with E-state index in [4.69, 9.17) is 4.42 Å². The van der Waals surface area contributed by atoms with Gasteiger partial charge in [0.2, 0.25) is 5.91 Å². The highest BCUT2D eigenvalue weighted by Gasteiger charge is 2.16. The fraction of sp³-hybridized carbons (Fsp3) is 0.500. The number of carbonyl (C=O) groups is 1. The van der Waals surface area contributed by atoms with Crippen molar-refractivity contribution < 1.29 is 9.21 Å². The van der Waals surface area contributed by atoms with Crippen molar-refractivity contribution in [1.29, 1.82) is 0 Å². The van der Waals surface area contributed by atoms with Crippen LogP contribution in [0.25, 0.3) is 11.1 Å². The first-order valence-electron chi connectivity index (χ1n) is 7.59. The lowest BCUT2D eigenvalue weighted by Crippen LogP contribution is -2.34. The second-order valence-electron chi connectivity index (χ2n) is 5.73. The largest absolute Gasteiger partial charge is 0.420 e. The number of nitrogens with zero attached hydrogens (tertiary/aromatic N) is 1. The van der Waals surface area contributed by atoms with E-state index in [0.717, 1.165) is 0 Å². The molecule has 1 fully saturated rings. The van der Waals surface area contributed by atoms with Gasteiger partial charge in [0.25, 0.3) is 0 Å². The molecular weight excluding hydrogens is 268 g/mol. The van der Waals surface area contributed by atoms with Gasteiger partial charge in [-0.15, -0.1) is 0 Å². The van der Waals surface area contributed by atoms with Crippen LogP contribution >= 0.6 is 0 Å². The van der Waals surface area contributed by atoms with E-state index in [9.17, 15) is 9.59 Å². The Morgan fingerprint density at radius 1 is 1.24 bits per heavy atom. The van der Waals surface area contributed by atoms with Gasteiger partial charge < -0.3 is 9.73 Å². The van der Waals surface area contributed by atoms with Crippen LogP contribution in [0.5, 0.6) is 0 Å². The molecule has 0 saturated heterocycles. The fourth-order valence-electron chi connectivity index (χ4n) is 3.01. The molecule has 5 nitrogen and oxygen atoms in total. The van der Waals surface area contributed by atoms with E-state index in [1.165, 1.54) is 36.7 Å². The maximum Gasteiger partial charge on any atom is 0.420 e. The van der Waals surface area contributed by atoms with Gasteiger partial charge in [0.1, 0.15) is 6.54 Å². The van der Waals surface area contributed by atoms with Gasteiger partial charge in [0.15, 0.2) is 5.58 Å². The quantitative estimate of drug-likeness (QED) is 0.938. The van der Waals surface area contributed by atoms with Gasteiger partial charge in [-0.25, -0.2) is 4.79 Å². The summed E-state index contributed by atoms with van der Waals surface area (Å²) in [5, 5.41) is 2.94. The second kappa shape index (κ2) is 6.16. The molecule has 1 saturated carbocycles. The van der Waals surface area contributed by atoms with E-state index in [-0.39, 0.29) is 12.5 Å². The summed E-state index contributed by atoms with van der Waals surface area (Å²) in [7, 11) is 0. The number of benzene rings is 1. The van der Waals surface area contributed by atoms with Crippen LogP contribution in [-0.4, -0.2) is 17.0 Å². The molecule has 112 valence electrons. The average Bonchev–Trinajstić information content (AvgIpc) is 2.82. The maximum absolute atomic E-state index is 12.0. The number of hydrogen-bond acceptors (Lipinski definition) is 3. The lowest BCUT2D eigenvalue weighted by atomic mass is 9.89. The highest BCUT2D eigenvalue weighted by atomic mass is 16.4. The molecule has 0 unspecified atom stereocenters. The standard InChI is InChI=1S/C16H20N2O3/c19-15(17-10-12-6-2-1-3-7-12)11-18-13-8-4-5-9-14(13)21-16(18)20/h4-5,8-9,12H,1-3,6-7,10-11H2,(H,17,19). The summed E-state index contributed by atoms with van der Waals surface area (Å²) in [6.07, 6.45) is 6.20. The molecular formula is C16H20N2O3. The number of para-hydroxylation sites is 2. The Balaban J connectivity index is 1.63. The Bertz CT molecular complexity index is 680. The van der Waals surface area contributed by atoms with Crippen LogP contribution in [0, 0.1) is 5.92 Å². The van der Waals surface area contributed by atoms with Gasteiger partial charge in [-0.1, -0.05) is 31.4 Å². The molecule has 0 atom stereocenters. The third kappa shape index (κ3) is 3.17. The van der Waals surface area contributed by atoms with Crippen molar-refractivity contribution in [2.75, 3.05) is 6.54 Å². The van der Waals surface area contributed by atoms with Gasteiger partial charge in [0, 0.05) is 6.54 Å². The first-order chi connectivity index (χ1) is 10.2. The molecule has 0 bridgehead atoms. The molecule has 1 aliphatic rings. The molecule has 1 aromatic heterocycles. The van der Waals surface area contributed by atoms with Crippen LogP contribution in [0.3, 0.4) is 0 Å². The summed E-state index contributed by atoms with van der Waals surface area (Å²) in [6, 6.07) is 7.15. The van der Waals surface area contributed by atoms with Crippen molar-refractivity contribution in [2.24, 2.45) is 5.92 Å². The molecule has 1 aromatic carbocycles. The summed E-state index contributed by atoms with van der Waals surface area (Å²) < 4.78 is 6.50. The van der Waals surface area contributed by atoms with E-state index in [1.54, 1.807) is 18.2 Å². The molecule has 1 aliphatic carbocycles. The Morgan fingerprint density at radius 2 is 2.00 bits per heavy atom. The minimum Gasteiger partial charge on any atom is -0.408 e. The van der Waals surface area contributed by atoms with Crippen LogP contribution < -0.4 is 11.1 Å². The predicted molar refractivity (Wildman–Crippen MR) is 80.1 cm³/mol. The Morgan fingerprint density at radius 3 is 2.81 bits per heavy atom. The van der Waals surface area contributed by atoms with Crippen molar-refractivity contribution in [1.82, 2.24) is 9.88 Å². The maximum atomic E-state index is 12.0. The Labute approximate surface area is 122 Å². The van der Waals surface area contributed by atoms with Crippen molar-refractivity contribution in [3.05, 3.63) is 34.8 Å². The zero-order chi connectivity index (χ0) is 14.7. The first kappa shape index (κ1) is 13.9. The van der Waals surface area contributed by atoms with Crippen molar-refractivity contribution in [2.45, 2.75) is 38.6 Å². The van der Waals surface area contributed by atoms with E-state index >= 15 is 0 Å². The number of hydrogen-bond donors (Lipinski definition) is 1. The normalized spacial score (nSPS) is 16.2. The molecule has 3 rings (SSSR count). The smallest absolute Gasteiger partial charge is 0.408 e. The third-order valence-electron chi connectivity index (χ3n) is 4.19. The van der Waals surface area contributed by atoms with Gasteiger partial charge in [-0.05, 0) is 30.9 Å². The van der Waals surface area contributed by atoms with E-state index in [1.807, 2.05) is 6.07 Å². The molecule has 0 spiro atoms. The lowest BCUT2D eigenvalue weighted by Gasteiger charge is -2.21. The number of rotatable bonds is 4. The van der Waals surface area contributed by atoms with Crippen molar-refractivity contribution >= 4 is 17.0 Å². The number of amides is 1. The summed E-state index contributed by atoms with van der Waals surface area (Å²) >= 11 is 0. The SMILES string of the molecule is O=C(Cn1c(=O)oc2ccccc21)NCC1CCCCC1. The third-order valence-corrected chi connectivity index (χ3v) is 4.19. The van der Waals surface area contributed by atoms with Gasteiger partial charge in [0.05, 0.1) is 5.52 Å². The minimum atomic E-state index is -0.482. The van der Waals surface area contributed by atoms with Crippen LogP contribution in [0.4, 0.5) is 0 Å². The highest BCUT2D eigenvalue weighted by Crippen LogP contribution is 2.22. The zero-order valence-corrected chi connectivity index (χ0v) is 12.0. The number of fused-ring (bicyclic) bond motifs is 1. The van der Waals surface area contributed by atoms with E-state index in [2.05, 4.69) is 5.32 Å². The molecule has 5 heteroatoms. The van der Waals surface area contributed by atoms with Crippen LogP contribution in [0.15, 0.2) is 33.5 Å². The van der Waals surface area contributed by atoms with Crippen molar-refractivity contribution in [3.63, 3.8) is 0 Å². The zero-order valence-electron chi connectivity index (χ0n) is 12.0. The number of carbonyl (C=O) groups excluding carboxylic acids is 1. The Kier molecular flexibility index (Phi) is 4.08. The summed E-state index contributed by atoms with van der Waals surface area (Å²) in [6.45, 7) is 0.728. The van der Waals surface area contributed by atoms with Crippen LogP contribution in [0.1, 0.15) is 32.1 Å². The summed E-state index contributed by atoms with van der Waals surface area (Å²) in [5.74, 6) is -0.0289. The number of nitrogens with one attached hydrogen (secondary N) is 1. The number of oxazole rings is 1. The van der Waals surface area contributed by atoms with Crippen LogP contribution in [0.2, 0.25) is 0 Å². The minimum absolute atomic E-state index is 0.0164. The molecule has 2 aromatic rings. The molecule has 21 heavy (non-hydrogen) atoms. The van der Waals surface area contributed by atoms with Gasteiger partial charge in [-0.2, -0.15) is 0 Å². The van der Waals surface area contributed by atoms with Crippen LogP contribution in [-0.2, 0) is 11.3 Å². The molecule has 1 N–H and O–H groups in total. The predicted octanol–water partition coefficient (Wildman–Crippen LogP) is 2.29. The highest BCUT2D eigenvalue weighted by molar-refractivity contribution is 5.79. The van der Waals surface area contributed by atoms with E-state index < -0.39 is 5.76 Å². The van der Waals surface area contributed by atoms with E-state index in [0.29, 0.717) is 23.6 Å². The van der Waals surface area contributed by atoms with Gasteiger partial charge in [-0.3, -0.25) is 9.36 Å². The average molecular weight is 288 g/mol. The Hall–Kier alpha value is -2.04. The fourth-order valence-corrected chi connectivity index (χ4v) is 3.01. The first-order valence-corrected chi connectivity index (χ1v) is 7.59. The second-order valence-corrected chi connectivity index (χ2v) is 5.73. The topological polar surface area (TPSA) is 64.2 Å².